The van der Waals surface area contributed by atoms with Crippen molar-refractivity contribution in [1.29, 1.82) is 0 Å². The van der Waals surface area contributed by atoms with Crippen LogP contribution in [-0.4, -0.2) is 36.9 Å². The van der Waals surface area contributed by atoms with Gasteiger partial charge in [0, 0.05) is 53.1 Å². The fraction of sp³-hybridized carbons (Fsp3) is 0.267. The van der Waals surface area contributed by atoms with E-state index in [-0.39, 0.29) is 0 Å². The van der Waals surface area contributed by atoms with Gasteiger partial charge in [-0.15, -0.1) is 11.3 Å². The first-order valence-electron chi connectivity index (χ1n) is 6.81. The molecule has 102 valence electrons. The van der Waals surface area contributed by atoms with Gasteiger partial charge in [-0.1, -0.05) is 12.1 Å². The van der Waals surface area contributed by atoms with Gasteiger partial charge in [-0.2, -0.15) is 4.40 Å². The van der Waals surface area contributed by atoms with Crippen molar-refractivity contribution in [2.45, 2.75) is 4.90 Å². The van der Waals surface area contributed by atoms with Gasteiger partial charge in [-0.3, -0.25) is 0 Å². The smallest absolute Gasteiger partial charge is 0.137 e. The highest BCUT2D eigenvalue weighted by atomic mass is 32.2. The SMILES string of the molecule is C1=Cc2ccc3sccc3c2SN=C1N1CCNCC1. The van der Waals surface area contributed by atoms with E-state index >= 15 is 0 Å². The van der Waals surface area contributed by atoms with Crippen LogP contribution in [0.25, 0.3) is 16.2 Å². The number of hydrogen-bond donors (Lipinski definition) is 1. The molecule has 0 amide bonds. The van der Waals surface area contributed by atoms with Crippen molar-refractivity contribution in [1.82, 2.24) is 10.2 Å². The summed E-state index contributed by atoms with van der Waals surface area (Å²) >= 11 is 3.41. The average molecular weight is 301 g/mol. The van der Waals surface area contributed by atoms with Gasteiger partial charge in [-0.05, 0) is 29.2 Å². The molecule has 4 rings (SSSR count). The van der Waals surface area contributed by atoms with Gasteiger partial charge in [0.2, 0.25) is 0 Å². The summed E-state index contributed by atoms with van der Waals surface area (Å²) < 4.78 is 6.11. The third-order valence-electron chi connectivity index (χ3n) is 3.70. The predicted molar refractivity (Wildman–Crippen MR) is 88.6 cm³/mol. The molecule has 0 atom stereocenters. The Morgan fingerprint density at radius 1 is 1.10 bits per heavy atom. The molecule has 0 aliphatic carbocycles. The van der Waals surface area contributed by atoms with Crippen molar-refractivity contribution in [2.75, 3.05) is 26.2 Å². The van der Waals surface area contributed by atoms with E-state index in [0.717, 1.165) is 32.0 Å². The zero-order chi connectivity index (χ0) is 13.4. The standard InChI is InChI=1S/C15H15N3S2/c1-3-13-12(5-10-19-13)15-11(1)2-4-14(17-20-15)18-8-6-16-7-9-18/h1-5,10,16H,6-9H2. The van der Waals surface area contributed by atoms with E-state index in [4.69, 9.17) is 4.40 Å². The number of rotatable bonds is 0. The molecule has 0 spiro atoms. The maximum atomic E-state index is 4.77. The molecule has 1 aromatic carbocycles. The van der Waals surface area contributed by atoms with Crippen LogP contribution < -0.4 is 5.32 Å². The lowest BCUT2D eigenvalue weighted by atomic mass is 10.1. The van der Waals surface area contributed by atoms with Gasteiger partial charge in [0.05, 0.1) is 0 Å². The summed E-state index contributed by atoms with van der Waals surface area (Å²) in [6, 6.07) is 6.61. The summed E-state index contributed by atoms with van der Waals surface area (Å²) in [5.74, 6) is 1.09. The van der Waals surface area contributed by atoms with Crippen molar-refractivity contribution in [3.05, 3.63) is 35.2 Å². The second-order valence-electron chi connectivity index (χ2n) is 4.93. The van der Waals surface area contributed by atoms with Crippen molar-refractivity contribution < 1.29 is 0 Å². The van der Waals surface area contributed by atoms with E-state index in [0.29, 0.717) is 0 Å². The van der Waals surface area contributed by atoms with Gasteiger partial charge in [0.15, 0.2) is 0 Å². The molecule has 1 N–H and O–H groups in total. The van der Waals surface area contributed by atoms with Crippen molar-refractivity contribution in [3.8, 4) is 0 Å². The van der Waals surface area contributed by atoms with Crippen molar-refractivity contribution >= 4 is 45.3 Å². The molecule has 0 saturated carbocycles. The van der Waals surface area contributed by atoms with Gasteiger partial charge >= 0.3 is 0 Å². The van der Waals surface area contributed by atoms with Crippen LogP contribution >= 0.6 is 23.3 Å². The second-order valence-corrected chi connectivity index (χ2v) is 6.65. The molecule has 0 radical (unpaired) electrons. The van der Waals surface area contributed by atoms with E-state index in [2.05, 4.69) is 45.9 Å². The Hall–Kier alpha value is -1.30. The minimum Gasteiger partial charge on any atom is -0.354 e. The lowest BCUT2D eigenvalue weighted by Crippen LogP contribution is -2.45. The highest BCUT2D eigenvalue weighted by Gasteiger charge is 2.16. The molecule has 3 nitrogen and oxygen atoms in total. The zero-order valence-corrected chi connectivity index (χ0v) is 12.6. The van der Waals surface area contributed by atoms with Gasteiger partial charge in [0.1, 0.15) is 5.84 Å². The average Bonchev–Trinajstić information content (AvgIpc) is 2.87. The molecule has 20 heavy (non-hydrogen) atoms. The fourth-order valence-corrected chi connectivity index (χ4v) is 4.35. The second kappa shape index (κ2) is 5.24. The summed E-state index contributed by atoms with van der Waals surface area (Å²) in [7, 11) is 0. The Balaban J connectivity index is 1.71. The number of amidine groups is 1. The van der Waals surface area contributed by atoms with Crippen LogP contribution in [0.15, 0.2) is 38.9 Å². The zero-order valence-electron chi connectivity index (χ0n) is 11.0. The molecule has 2 aliphatic rings. The molecule has 1 aromatic heterocycles. The van der Waals surface area contributed by atoms with E-state index in [1.165, 1.54) is 20.5 Å². The Morgan fingerprint density at radius 3 is 2.90 bits per heavy atom. The molecular formula is C15H15N3S2. The largest absolute Gasteiger partial charge is 0.354 e. The van der Waals surface area contributed by atoms with Crippen LogP contribution in [0.4, 0.5) is 0 Å². The topological polar surface area (TPSA) is 27.6 Å². The van der Waals surface area contributed by atoms with Crippen molar-refractivity contribution in [3.63, 3.8) is 0 Å². The predicted octanol–water partition coefficient (Wildman–Crippen LogP) is 3.24. The minimum atomic E-state index is 1.04. The summed E-state index contributed by atoms with van der Waals surface area (Å²) in [5.41, 5.74) is 1.27. The maximum absolute atomic E-state index is 4.77. The third-order valence-corrected chi connectivity index (χ3v) is 5.50. The van der Waals surface area contributed by atoms with E-state index in [9.17, 15) is 0 Å². The molecule has 2 aliphatic heterocycles. The quantitative estimate of drug-likeness (QED) is 0.757. The van der Waals surface area contributed by atoms with Gasteiger partial charge < -0.3 is 10.2 Å². The van der Waals surface area contributed by atoms with Crippen LogP contribution in [0.3, 0.4) is 0 Å². The molecule has 1 fully saturated rings. The number of piperazine rings is 1. The monoisotopic (exact) mass is 301 g/mol. The summed E-state index contributed by atoms with van der Waals surface area (Å²) in [5, 5.41) is 6.86. The molecule has 3 heterocycles. The van der Waals surface area contributed by atoms with Gasteiger partial charge in [0.25, 0.3) is 0 Å². The number of hydrogen-bond acceptors (Lipinski definition) is 5. The summed E-state index contributed by atoms with van der Waals surface area (Å²) in [6.45, 7) is 4.15. The number of fused-ring (bicyclic) bond motifs is 3. The lowest BCUT2D eigenvalue weighted by molar-refractivity contribution is 0.360. The number of thiophene rings is 1. The van der Waals surface area contributed by atoms with Crippen LogP contribution in [0.2, 0.25) is 0 Å². The highest BCUT2D eigenvalue weighted by molar-refractivity contribution is 7.98. The normalized spacial score (nSPS) is 18.8. The Bertz CT molecular complexity index is 696. The number of nitrogens with one attached hydrogen (secondary N) is 1. The third kappa shape index (κ3) is 2.16. The molecule has 0 unspecified atom stereocenters. The molecule has 5 heteroatoms. The number of nitrogens with zero attached hydrogens (tertiary/aromatic N) is 2. The Labute approximate surface area is 126 Å². The lowest BCUT2D eigenvalue weighted by Gasteiger charge is -2.28. The van der Waals surface area contributed by atoms with Gasteiger partial charge in [-0.25, -0.2) is 0 Å². The molecular weight excluding hydrogens is 286 g/mol. The first-order chi connectivity index (χ1) is 9.92. The van der Waals surface area contributed by atoms with E-state index in [1.54, 1.807) is 23.3 Å². The van der Waals surface area contributed by atoms with Crippen LogP contribution in [0, 0.1) is 0 Å². The fourth-order valence-electron chi connectivity index (χ4n) is 2.61. The van der Waals surface area contributed by atoms with Crippen molar-refractivity contribution in [2.24, 2.45) is 4.40 Å². The van der Waals surface area contributed by atoms with E-state index < -0.39 is 0 Å². The van der Waals surface area contributed by atoms with Crippen LogP contribution in [0.5, 0.6) is 0 Å². The first kappa shape index (κ1) is 12.4. The van der Waals surface area contributed by atoms with E-state index in [1.807, 2.05) is 0 Å². The Morgan fingerprint density at radius 2 is 2.00 bits per heavy atom. The molecule has 0 bridgehead atoms. The Kier molecular flexibility index (Phi) is 3.26. The number of benzene rings is 1. The molecule has 2 aromatic rings. The molecule has 1 saturated heterocycles. The van der Waals surface area contributed by atoms with Crippen LogP contribution in [0.1, 0.15) is 5.56 Å². The van der Waals surface area contributed by atoms with Crippen LogP contribution in [-0.2, 0) is 0 Å². The minimum absolute atomic E-state index is 1.04. The maximum Gasteiger partial charge on any atom is 0.137 e. The summed E-state index contributed by atoms with van der Waals surface area (Å²) in [6.07, 6.45) is 4.36. The summed E-state index contributed by atoms with van der Waals surface area (Å²) in [4.78, 5) is 3.64. The first-order valence-corrected chi connectivity index (χ1v) is 8.46. The highest BCUT2D eigenvalue weighted by Crippen LogP contribution is 2.37.